The maximum atomic E-state index is 5.63. The summed E-state index contributed by atoms with van der Waals surface area (Å²) in [6.07, 6.45) is 0. The van der Waals surface area contributed by atoms with Crippen molar-refractivity contribution in [1.29, 1.82) is 0 Å². The van der Waals surface area contributed by atoms with Crippen LogP contribution in [-0.2, 0) is 0 Å². The van der Waals surface area contributed by atoms with Crippen LogP contribution in [0.1, 0.15) is 0 Å². The van der Waals surface area contributed by atoms with Gasteiger partial charge >= 0.3 is 0 Å². The van der Waals surface area contributed by atoms with E-state index < -0.39 is 0 Å². The Morgan fingerprint density at radius 1 is 0.882 bits per heavy atom. The van der Waals surface area contributed by atoms with E-state index in [1.807, 2.05) is 36.4 Å². The third-order valence-corrected chi connectivity index (χ3v) is 2.43. The van der Waals surface area contributed by atoms with Crippen LogP contribution < -0.4 is 11.5 Å². The van der Waals surface area contributed by atoms with E-state index in [2.05, 4.69) is 15.2 Å². The number of benzene rings is 1. The number of hydrogen-bond acceptors (Lipinski definition) is 5. The molecule has 0 fully saturated rings. The minimum Gasteiger partial charge on any atom is -0.399 e. The lowest BCUT2D eigenvalue weighted by molar-refractivity contribution is 0.809. The zero-order valence-electron chi connectivity index (χ0n) is 8.91. The lowest BCUT2D eigenvalue weighted by atomic mass is 10.1. The number of nitrogens with two attached hydrogens (primary N) is 2. The smallest absolute Gasteiger partial charge is 0.242 e. The fraction of sp³-hybridized carbons (Fsp3) is 0. The summed E-state index contributed by atoms with van der Waals surface area (Å²) in [7, 11) is 0. The van der Waals surface area contributed by atoms with E-state index in [1.165, 1.54) is 4.63 Å². The highest BCUT2D eigenvalue weighted by Gasteiger charge is 2.04. The van der Waals surface area contributed by atoms with Gasteiger partial charge < -0.3 is 11.5 Å². The molecule has 6 nitrogen and oxygen atoms in total. The summed E-state index contributed by atoms with van der Waals surface area (Å²) in [5, 5.41) is 8.28. The Morgan fingerprint density at radius 2 is 1.65 bits per heavy atom. The van der Waals surface area contributed by atoms with Gasteiger partial charge in [0, 0.05) is 11.3 Å². The van der Waals surface area contributed by atoms with Crippen molar-refractivity contribution in [3.05, 3.63) is 36.4 Å². The molecule has 0 unspecified atom stereocenters. The lowest BCUT2D eigenvalue weighted by Crippen LogP contribution is -1.96. The van der Waals surface area contributed by atoms with Gasteiger partial charge in [0.1, 0.15) is 0 Å². The fourth-order valence-electron chi connectivity index (χ4n) is 1.61. The van der Waals surface area contributed by atoms with Gasteiger partial charge in [-0.15, -0.1) is 14.8 Å². The third-order valence-electron chi connectivity index (χ3n) is 2.43. The molecule has 3 rings (SSSR count). The first-order chi connectivity index (χ1) is 8.22. The highest BCUT2D eigenvalue weighted by Crippen LogP contribution is 2.18. The van der Waals surface area contributed by atoms with Crippen molar-refractivity contribution in [2.24, 2.45) is 0 Å². The van der Waals surface area contributed by atoms with Crippen molar-refractivity contribution >= 4 is 17.3 Å². The number of nitrogen functional groups attached to an aromatic ring is 2. The van der Waals surface area contributed by atoms with Crippen LogP contribution in [0.2, 0.25) is 0 Å². The molecule has 0 radical (unpaired) electrons. The predicted octanol–water partition coefficient (Wildman–Crippen LogP) is 0.956. The van der Waals surface area contributed by atoms with Crippen molar-refractivity contribution in [3.8, 4) is 11.3 Å². The van der Waals surface area contributed by atoms with Crippen LogP contribution in [0.25, 0.3) is 16.9 Å². The molecule has 0 atom stereocenters. The van der Waals surface area contributed by atoms with Crippen LogP contribution >= 0.6 is 0 Å². The van der Waals surface area contributed by atoms with Gasteiger partial charge in [-0.3, -0.25) is 0 Å². The quantitative estimate of drug-likeness (QED) is 0.602. The van der Waals surface area contributed by atoms with Crippen molar-refractivity contribution in [2.75, 3.05) is 11.5 Å². The monoisotopic (exact) mass is 226 g/mol. The summed E-state index contributed by atoms with van der Waals surface area (Å²) >= 11 is 0. The molecule has 3 aromatic rings. The van der Waals surface area contributed by atoms with Gasteiger partial charge in [-0.2, -0.15) is 4.98 Å². The number of nitrogens with zero attached hydrogens (tertiary/aromatic N) is 4. The largest absolute Gasteiger partial charge is 0.399 e. The summed E-state index contributed by atoms with van der Waals surface area (Å²) in [5.41, 5.74) is 14.2. The van der Waals surface area contributed by atoms with E-state index in [0.29, 0.717) is 5.65 Å². The minimum atomic E-state index is 0.215. The average Bonchev–Trinajstić information content (AvgIpc) is 2.69. The van der Waals surface area contributed by atoms with Crippen molar-refractivity contribution < 1.29 is 0 Å². The van der Waals surface area contributed by atoms with Gasteiger partial charge in [0.15, 0.2) is 5.65 Å². The molecule has 17 heavy (non-hydrogen) atoms. The molecule has 0 saturated heterocycles. The molecule has 2 heterocycles. The zero-order valence-corrected chi connectivity index (χ0v) is 8.91. The van der Waals surface area contributed by atoms with Crippen LogP contribution in [0.3, 0.4) is 0 Å². The van der Waals surface area contributed by atoms with Crippen LogP contribution in [-0.4, -0.2) is 19.8 Å². The van der Waals surface area contributed by atoms with Crippen LogP contribution in [0.15, 0.2) is 36.4 Å². The highest BCUT2D eigenvalue weighted by atomic mass is 15.5. The summed E-state index contributed by atoms with van der Waals surface area (Å²) in [6, 6.07) is 11.2. The van der Waals surface area contributed by atoms with Gasteiger partial charge in [0.05, 0.1) is 5.69 Å². The first kappa shape index (κ1) is 9.59. The lowest BCUT2D eigenvalue weighted by Gasteiger charge is -2.00. The second kappa shape index (κ2) is 3.44. The first-order valence-electron chi connectivity index (χ1n) is 5.08. The molecule has 1 aromatic carbocycles. The van der Waals surface area contributed by atoms with Crippen molar-refractivity contribution in [2.45, 2.75) is 0 Å². The van der Waals surface area contributed by atoms with Gasteiger partial charge in [-0.25, -0.2) is 0 Å². The molecule has 0 saturated carbocycles. The van der Waals surface area contributed by atoms with Gasteiger partial charge in [0.25, 0.3) is 0 Å². The standard InChI is InChI=1S/C11H10N6/c12-8-3-1-7(2-4-8)9-5-6-10-14-11(13)16-17(10)15-9/h1-6H,12H2,(H2,13,16). The average molecular weight is 226 g/mol. The molecule has 6 heteroatoms. The van der Waals surface area contributed by atoms with Gasteiger partial charge in [-0.1, -0.05) is 12.1 Å². The second-order valence-electron chi connectivity index (χ2n) is 3.66. The van der Waals surface area contributed by atoms with Gasteiger partial charge in [-0.05, 0) is 24.3 Å². The maximum Gasteiger partial charge on any atom is 0.242 e. The highest BCUT2D eigenvalue weighted by molar-refractivity contribution is 5.62. The molecular weight excluding hydrogens is 216 g/mol. The third kappa shape index (κ3) is 1.65. The number of fused-ring (bicyclic) bond motifs is 1. The maximum absolute atomic E-state index is 5.63. The van der Waals surface area contributed by atoms with Crippen LogP contribution in [0, 0.1) is 0 Å². The Labute approximate surface area is 96.9 Å². The topological polar surface area (TPSA) is 95.1 Å². The molecule has 2 aromatic heterocycles. The van der Waals surface area contributed by atoms with E-state index >= 15 is 0 Å². The number of hydrogen-bond donors (Lipinski definition) is 2. The Hall–Kier alpha value is -2.63. The minimum absolute atomic E-state index is 0.215. The number of aromatic nitrogens is 4. The summed E-state index contributed by atoms with van der Waals surface area (Å²) in [6.45, 7) is 0. The molecule has 4 N–H and O–H groups in total. The zero-order chi connectivity index (χ0) is 11.8. The Balaban J connectivity index is 2.13. The molecule has 0 aliphatic rings. The molecule has 0 aliphatic carbocycles. The Kier molecular flexibility index (Phi) is 1.94. The summed E-state index contributed by atoms with van der Waals surface area (Å²) < 4.78 is 1.42. The summed E-state index contributed by atoms with van der Waals surface area (Å²) in [4.78, 5) is 4.01. The van der Waals surface area contributed by atoms with Crippen LogP contribution in [0.4, 0.5) is 11.6 Å². The van der Waals surface area contributed by atoms with Crippen molar-refractivity contribution in [3.63, 3.8) is 0 Å². The Morgan fingerprint density at radius 3 is 2.41 bits per heavy atom. The first-order valence-corrected chi connectivity index (χ1v) is 5.08. The van der Waals surface area contributed by atoms with E-state index in [9.17, 15) is 0 Å². The van der Waals surface area contributed by atoms with Gasteiger partial charge in [0.2, 0.25) is 5.95 Å². The molecule has 84 valence electrons. The molecule has 0 aliphatic heterocycles. The van der Waals surface area contributed by atoms with E-state index in [0.717, 1.165) is 16.9 Å². The molecule has 0 bridgehead atoms. The van der Waals surface area contributed by atoms with E-state index in [1.54, 1.807) is 0 Å². The molecular formula is C11H10N6. The predicted molar refractivity (Wildman–Crippen MR) is 65.0 cm³/mol. The van der Waals surface area contributed by atoms with Crippen LogP contribution in [0.5, 0.6) is 0 Å². The fourth-order valence-corrected chi connectivity index (χ4v) is 1.61. The number of rotatable bonds is 1. The molecule has 0 amide bonds. The van der Waals surface area contributed by atoms with E-state index in [-0.39, 0.29) is 5.95 Å². The van der Waals surface area contributed by atoms with E-state index in [4.69, 9.17) is 11.5 Å². The summed E-state index contributed by atoms with van der Waals surface area (Å²) in [5.74, 6) is 0.215. The molecule has 0 spiro atoms. The second-order valence-corrected chi connectivity index (χ2v) is 3.66. The number of anilines is 2. The van der Waals surface area contributed by atoms with Crippen molar-refractivity contribution in [1.82, 2.24) is 19.8 Å². The Bertz CT molecular complexity index is 670. The normalized spacial score (nSPS) is 10.8. The SMILES string of the molecule is Nc1ccc(-c2ccc3nc(N)nn3n2)cc1.